The van der Waals surface area contributed by atoms with Crippen LogP contribution in [0.5, 0.6) is 11.5 Å². The highest BCUT2D eigenvalue weighted by Crippen LogP contribution is 2.31. The lowest BCUT2D eigenvalue weighted by Crippen LogP contribution is -2.06. The molecule has 1 aliphatic carbocycles. The van der Waals surface area contributed by atoms with E-state index in [1.165, 1.54) is 30.4 Å². The van der Waals surface area contributed by atoms with Crippen molar-refractivity contribution in [3.63, 3.8) is 0 Å². The van der Waals surface area contributed by atoms with Crippen LogP contribution in [0.1, 0.15) is 29.5 Å². The summed E-state index contributed by atoms with van der Waals surface area (Å²) < 4.78 is 6.08. The number of fused-ring (bicyclic) bond motifs is 1. The molecule has 0 fully saturated rings. The fourth-order valence-electron chi connectivity index (χ4n) is 2.88. The van der Waals surface area contributed by atoms with Crippen LogP contribution in [-0.4, -0.2) is 7.05 Å². The lowest BCUT2D eigenvalue weighted by molar-refractivity contribution is 0.472. The third-order valence-corrected chi connectivity index (χ3v) is 4.17. The Bertz CT molecular complexity index is 639. The Morgan fingerprint density at radius 1 is 1.05 bits per heavy atom. The predicted molar refractivity (Wildman–Crippen MR) is 87.4 cm³/mol. The standard InChI is InChI=1S/C18H20ClNO/c1-20-12-15-10-16(19)7-9-18(15)21-17-8-6-13-4-2-3-5-14(13)11-17/h6-11,20H,2-5,12H2,1H3. The molecule has 3 heteroatoms. The van der Waals surface area contributed by atoms with Crippen molar-refractivity contribution in [2.75, 3.05) is 7.05 Å². The van der Waals surface area contributed by atoms with Gasteiger partial charge in [-0.1, -0.05) is 17.7 Å². The molecule has 0 saturated carbocycles. The molecule has 0 aliphatic heterocycles. The number of nitrogens with one attached hydrogen (secondary N) is 1. The number of hydrogen-bond acceptors (Lipinski definition) is 2. The van der Waals surface area contributed by atoms with Gasteiger partial charge in [-0.15, -0.1) is 0 Å². The zero-order valence-corrected chi connectivity index (χ0v) is 13.0. The van der Waals surface area contributed by atoms with Crippen molar-refractivity contribution in [3.05, 3.63) is 58.1 Å². The average molecular weight is 302 g/mol. The third-order valence-electron chi connectivity index (χ3n) is 3.94. The second-order valence-electron chi connectivity index (χ2n) is 5.52. The predicted octanol–water partition coefficient (Wildman–Crippen LogP) is 4.73. The highest BCUT2D eigenvalue weighted by atomic mass is 35.5. The van der Waals surface area contributed by atoms with Gasteiger partial charge in [-0.2, -0.15) is 0 Å². The van der Waals surface area contributed by atoms with Gasteiger partial charge in [0, 0.05) is 17.1 Å². The van der Waals surface area contributed by atoms with E-state index in [0.717, 1.165) is 35.1 Å². The molecule has 2 aromatic rings. The minimum absolute atomic E-state index is 0.734. The maximum atomic E-state index is 6.08. The van der Waals surface area contributed by atoms with Gasteiger partial charge in [-0.3, -0.25) is 0 Å². The second-order valence-corrected chi connectivity index (χ2v) is 5.96. The minimum Gasteiger partial charge on any atom is -0.457 e. The van der Waals surface area contributed by atoms with E-state index in [0.29, 0.717) is 0 Å². The van der Waals surface area contributed by atoms with Crippen LogP contribution in [0.3, 0.4) is 0 Å². The van der Waals surface area contributed by atoms with Crippen molar-refractivity contribution >= 4 is 11.6 Å². The van der Waals surface area contributed by atoms with Crippen LogP contribution in [0.2, 0.25) is 5.02 Å². The van der Waals surface area contributed by atoms with Crippen molar-refractivity contribution in [3.8, 4) is 11.5 Å². The van der Waals surface area contributed by atoms with Gasteiger partial charge in [0.25, 0.3) is 0 Å². The van der Waals surface area contributed by atoms with Gasteiger partial charge < -0.3 is 10.1 Å². The topological polar surface area (TPSA) is 21.3 Å². The maximum absolute atomic E-state index is 6.08. The van der Waals surface area contributed by atoms with Gasteiger partial charge in [0.05, 0.1) is 0 Å². The molecule has 0 saturated heterocycles. The molecule has 0 amide bonds. The molecule has 0 atom stereocenters. The Morgan fingerprint density at radius 2 is 1.86 bits per heavy atom. The van der Waals surface area contributed by atoms with E-state index in [2.05, 4.69) is 23.5 Å². The van der Waals surface area contributed by atoms with Crippen LogP contribution in [0.25, 0.3) is 0 Å². The van der Waals surface area contributed by atoms with Gasteiger partial charge in [-0.05, 0) is 74.2 Å². The summed E-state index contributed by atoms with van der Waals surface area (Å²) in [5.41, 5.74) is 3.98. The Hall–Kier alpha value is -1.51. The van der Waals surface area contributed by atoms with Crippen LogP contribution < -0.4 is 10.1 Å². The number of benzene rings is 2. The van der Waals surface area contributed by atoms with Gasteiger partial charge in [0.2, 0.25) is 0 Å². The first kappa shape index (κ1) is 14.4. The number of halogens is 1. The molecule has 0 aromatic heterocycles. The quantitative estimate of drug-likeness (QED) is 0.881. The smallest absolute Gasteiger partial charge is 0.132 e. The van der Waals surface area contributed by atoms with Gasteiger partial charge in [0.1, 0.15) is 11.5 Å². The molecule has 1 N–H and O–H groups in total. The Labute approximate surface area is 131 Å². The van der Waals surface area contributed by atoms with Crippen molar-refractivity contribution in [2.24, 2.45) is 0 Å². The molecule has 21 heavy (non-hydrogen) atoms. The summed E-state index contributed by atoms with van der Waals surface area (Å²) in [7, 11) is 1.92. The first-order valence-corrected chi connectivity index (χ1v) is 7.87. The molecule has 2 aromatic carbocycles. The first-order chi connectivity index (χ1) is 10.3. The van der Waals surface area contributed by atoms with Crippen LogP contribution in [0, 0.1) is 0 Å². The summed E-state index contributed by atoms with van der Waals surface area (Å²) in [5.74, 6) is 1.78. The monoisotopic (exact) mass is 301 g/mol. The summed E-state index contributed by atoms with van der Waals surface area (Å²) >= 11 is 6.07. The van der Waals surface area contributed by atoms with Crippen LogP contribution in [-0.2, 0) is 19.4 Å². The second kappa shape index (κ2) is 6.50. The van der Waals surface area contributed by atoms with E-state index in [9.17, 15) is 0 Å². The zero-order chi connectivity index (χ0) is 14.7. The summed E-state index contributed by atoms with van der Waals surface area (Å²) in [6.45, 7) is 0.737. The van der Waals surface area contributed by atoms with Crippen LogP contribution in [0.15, 0.2) is 36.4 Å². The summed E-state index contributed by atoms with van der Waals surface area (Å²) in [4.78, 5) is 0. The first-order valence-electron chi connectivity index (χ1n) is 7.49. The Morgan fingerprint density at radius 3 is 2.67 bits per heavy atom. The van der Waals surface area contributed by atoms with Crippen molar-refractivity contribution in [1.29, 1.82) is 0 Å². The summed E-state index contributed by atoms with van der Waals surface area (Å²) in [6.07, 6.45) is 4.94. The molecule has 1 aliphatic rings. The molecule has 0 unspecified atom stereocenters. The van der Waals surface area contributed by atoms with Gasteiger partial charge in [0.15, 0.2) is 0 Å². The fourth-order valence-corrected chi connectivity index (χ4v) is 3.07. The average Bonchev–Trinajstić information content (AvgIpc) is 2.50. The van der Waals surface area contributed by atoms with E-state index < -0.39 is 0 Å². The highest BCUT2D eigenvalue weighted by Gasteiger charge is 2.11. The largest absolute Gasteiger partial charge is 0.457 e. The van der Waals surface area contributed by atoms with Crippen molar-refractivity contribution < 1.29 is 4.74 Å². The molecule has 0 spiro atoms. The van der Waals surface area contributed by atoms with E-state index in [4.69, 9.17) is 16.3 Å². The fraction of sp³-hybridized carbons (Fsp3) is 0.333. The summed E-state index contributed by atoms with van der Waals surface area (Å²) in [6, 6.07) is 12.2. The zero-order valence-electron chi connectivity index (χ0n) is 12.3. The highest BCUT2D eigenvalue weighted by molar-refractivity contribution is 6.30. The molecule has 0 radical (unpaired) electrons. The van der Waals surface area contributed by atoms with Crippen LogP contribution in [0.4, 0.5) is 0 Å². The number of aryl methyl sites for hydroxylation is 2. The third kappa shape index (κ3) is 3.39. The minimum atomic E-state index is 0.734. The number of ether oxygens (including phenoxy) is 1. The van der Waals surface area contributed by atoms with E-state index in [1.807, 2.05) is 25.2 Å². The Kier molecular flexibility index (Phi) is 4.47. The molecule has 110 valence electrons. The molecular formula is C18H20ClNO. The molecule has 0 heterocycles. The summed E-state index contributed by atoms with van der Waals surface area (Å²) in [5, 5.41) is 3.88. The lowest BCUT2D eigenvalue weighted by atomic mass is 9.92. The van der Waals surface area contributed by atoms with Crippen molar-refractivity contribution in [2.45, 2.75) is 32.2 Å². The van der Waals surface area contributed by atoms with Crippen molar-refractivity contribution in [1.82, 2.24) is 5.32 Å². The van der Waals surface area contributed by atoms with Gasteiger partial charge >= 0.3 is 0 Å². The molecular weight excluding hydrogens is 282 g/mol. The number of rotatable bonds is 4. The maximum Gasteiger partial charge on any atom is 0.132 e. The van der Waals surface area contributed by atoms with Crippen LogP contribution >= 0.6 is 11.6 Å². The molecule has 0 bridgehead atoms. The SMILES string of the molecule is CNCc1cc(Cl)ccc1Oc1ccc2c(c1)CCCC2. The van der Waals surface area contributed by atoms with E-state index in [1.54, 1.807) is 0 Å². The number of hydrogen-bond donors (Lipinski definition) is 1. The molecule has 3 rings (SSSR count). The lowest BCUT2D eigenvalue weighted by Gasteiger charge is -2.17. The molecule has 2 nitrogen and oxygen atoms in total. The van der Waals surface area contributed by atoms with Gasteiger partial charge in [-0.25, -0.2) is 0 Å². The van der Waals surface area contributed by atoms with E-state index >= 15 is 0 Å². The Balaban J connectivity index is 1.86. The van der Waals surface area contributed by atoms with E-state index in [-0.39, 0.29) is 0 Å². The normalized spacial score (nSPS) is 13.8.